The number of rotatable bonds is 6. The molecule has 1 heterocycles. The van der Waals surface area contributed by atoms with Gasteiger partial charge in [-0.3, -0.25) is 0 Å². The number of thiazole rings is 1. The molecule has 0 saturated heterocycles. The summed E-state index contributed by atoms with van der Waals surface area (Å²) in [6, 6.07) is 16.8. The van der Waals surface area contributed by atoms with Crippen LogP contribution in [0.3, 0.4) is 0 Å². The summed E-state index contributed by atoms with van der Waals surface area (Å²) in [6.45, 7) is 2.37. The number of aromatic nitrogens is 1. The van der Waals surface area contributed by atoms with Crippen molar-refractivity contribution in [3.63, 3.8) is 0 Å². The van der Waals surface area contributed by atoms with Crippen molar-refractivity contribution >= 4 is 17.3 Å². The SMILES string of the molecule is Cc1ccc(-c2nc(C(=O)OCCOc3ccc(C#N)cc3)cs2)cc1. The van der Waals surface area contributed by atoms with Gasteiger partial charge in [0.05, 0.1) is 11.6 Å². The molecule has 130 valence electrons. The Kier molecular flexibility index (Phi) is 5.62. The molecule has 0 unspecified atom stereocenters. The van der Waals surface area contributed by atoms with Crippen LogP contribution >= 0.6 is 11.3 Å². The van der Waals surface area contributed by atoms with Crippen molar-refractivity contribution in [1.82, 2.24) is 4.98 Å². The number of esters is 1. The Morgan fingerprint density at radius 2 is 1.85 bits per heavy atom. The van der Waals surface area contributed by atoms with Crippen molar-refractivity contribution < 1.29 is 14.3 Å². The number of nitrogens with zero attached hydrogens (tertiary/aromatic N) is 2. The Balaban J connectivity index is 1.49. The van der Waals surface area contributed by atoms with Crippen molar-refractivity contribution in [2.45, 2.75) is 6.92 Å². The molecule has 0 aliphatic carbocycles. The van der Waals surface area contributed by atoms with Crippen LogP contribution in [0.1, 0.15) is 21.6 Å². The zero-order valence-electron chi connectivity index (χ0n) is 14.1. The first-order valence-corrected chi connectivity index (χ1v) is 8.86. The Morgan fingerprint density at radius 3 is 2.54 bits per heavy atom. The molecule has 0 saturated carbocycles. The van der Waals surface area contributed by atoms with Crippen LogP contribution in [0.15, 0.2) is 53.9 Å². The molecule has 0 N–H and O–H groups in total. The number of carbonyl (C=O) groups is 1. The first-order chi connectivity index (χ1) is 12.7. The number of hydrogen-bond acceptors (Lipinski definition) is 6. The molecule has 0 radical (unpaired) electrons. The van der Waals surface area contributed by atoms with E-state index in [1.807, 2.05) is 37.3 Å². The van der Waals surface area contributed by atoms with Gasteiger partial charge in [0.1, 0.15) is 24.0 Å². The Labute approximate surface area is 155 Å². The molecule has 0 bridgehead atoms. The average Bonchev–Trinajstić information content (AvgIpc) is 3.16. The fourth-order valence-corrected chi connectivity index (χ4v) is 2.99. The Hall–Kier alpha value is -3.17. The van der Waals surface area contributed by atoms with Crippen LogP contribution in [0.2, 0.25) is 0 Å². The van der Waals surface area contributed by atoms with E-state index >= 15 is 0 Å². The molecule has 0 fully saturated rings. The highest BCUT2D eigenvalue weighted by Gasteiger charge is 2.13. The number of aryl methyl sites for hydroxylation is 1. The summed E-state index contributed by atoms with van der Waals surface area (Å²) >= 11 is 1.41. The van der Waals surface area contributed by atoms with Crippen molar-refractivity contribution in [3.05, 3.63) is 70.7 Å². The minimum atomic E-state index is -0.469. The molecule has 6 heteroatoms. The van der Waals surface area contributed by atoms with Gasteiger partial charge in [0, 0.05) is 10.9 Å². The van der Waals surface area contributed by atoms with Crippen LogP contribution in [-0.4, -0.2) is 24.2 Å². The zero-order chi connectivity index (χ0) is 18.4. The second-order valence-electron chi connectivity index (χ2n) is 5.52. The molecule has 0 aliphatic heterocycles. The minimum absolute atomic E-state index is 0.121. The van der Waals surface area contributed by atoms with E-state index in [0.29, 0.717) is 17.0 Å². The van der Waals surface area contributed by atoms with Gasteiger partial charge in [0.25, 0.3) is 0 Å². The highest BCUT2D eigenvalue weighted by atomic mass is 32.1. The quantitative estimate of drug-likeness (QED) is 0.483. The van der Waals surface area contributed by atoms with Gasteiger partial charge in [-0.2, -0.15) is 5.26 Å². The molecule has 26 heavy (non-hydrogen) atoms. The van der Waals surface area contributed by atoms with Crippen LogP contribution in [0.5, 0.6) is 5.75 Å². The van der Waals surface area contributed by atoms with Crippen molar-refractivity contribution in [2.24, 2.45) is 0 Å². The smallest absolute Gasteiger partial charge is 0.357 e. The summed E-state index contributed by atoms with van der Waals surface area (Å²) in [5.41, 5.74) is 3.01. The monoisotopic (exact) mass is 364 g/mol. The molecule has 1 aromatic heterocycles. The lowest BCUT2D eigenvalue weighted by atomic mass is 10.2. The molecule has 2 aromatic carbocycles. The van der Waals surface area contributed by atoms with Crippen LogP contribution in [0.4, 0.5) is 0 Å². The first kappa shape index (κ1) is 17.6. The van der Waals surface area contributed by atoms with Gasteiger partial charge in [-0.15, -0.1) is 11.3 Å². The third-order valence-corrected chi connectivity index (χ3v) is 4.47. The maximum absolute atomic E-state index is 12.1. The topological polar surface area (TPSA) is 72.2 Å². The fraction of sp³-hybridized carbons (Fsp3) is 0.150. The average molecular weight is 364 g/mol. The molecule has 0 atom stereocenters. The third-order valence-electron chi connectivity index (χ3n) is 3.58. The molecule has 0 aliphatic rings. The van der Waals surface area contributed by atoms with E-state index < -0.39 is 5.97 Å². The van der Waals surface area contributed by atoms with E-state index in [1.165, 1.54) is 16.9 Å². The Bertz CT molecular complexity index is 925. The predicted octanol–water partition coefficient (Wildman–Crippen LogP) is 4.23. The highest BCUT2D eigenvalue weighted by Crippen LogP contribution is 2.24. The standard InChI is InChI=1S/C20H16N2O3S/c1-14-2-6-16(7-3-14)19-22-18(13-26-19)20(23)25-11-10-24-17-8-4-15(12-21)5-9-17/h2-9,13H,10-11H2,1H3. The third kappa shape index (κ3) is 4.47. The minimum Gasteiger partial charge on any atom is -0.490 e. The normalized spacial score (nSPS) is 10.2. The molecule has 3 aromatic rings. The molecule has 3 rings (SSSR count). The van der Waals surface area contributed by atoms with E-state index in [-0.39, 0.29) is 13.2 Å². The van der Waals surface area contributed by atoms with E-state index in [4.69, 9.17) is 14.7 Å². The van der Waals surface area contributed by atoms with Crippen molar-refractivity contribution in [3.8, 4) is 22.4 Å². The number of ether oxygens (including phenoxy) is 2. The van der Waals surface area contributed by atoms with Crippen LogP contribution in [-0.2, 0) is 4.74 Å². The van der Waals surface area contributed by atoms with Crippen LogP contribution in [0, 0.1) is 18.3 Å². The van der Waals surface area contributed by atoms with E-state index in [9.17, 15) is 4.79 Å². The summed E-state index contributed by atoms with van der Waals surface area (Å²) in [6.07, 6.45) is 0. The van der Waals surface area contributed by atoms with Gasteiger partial charge in [0.2, 0.25) is 0 Å². The maximum atomic E-state index is 12.1. The molecule has 0 amide bonds. The fourth-order valence-electron chi connectivity index (χ4n) is 2.19. The number of nitriles is 1. The number of benzene rings is 2. The number of carbonyl (C=O) groups excluding carboxylic acids is 1. The van der Waals surface area contributed by atoms with Crippen LogP contribution in [0.25, 0.3) is 10.6 Å². The lowest BCUT2D eigenvalue weighted by molar-refractivity contribution is 0.0444. The van der Waals surface area contributed by atoms with E-state index in [1.54, 1.807) is 29.6 Å². The van der Waals surface area contributed by atoms with Crippen LogP contribution < -0.4 is 4.74 Å². The maximum Gasteiger partial charge on any atom is 0.357 e. The number of hydrogen-bond donors (Lipinski definition) is 0. The molecule has 0 spiro atoms. The summed E-state index contributed by atoms with van der Waals surface area (Å²) in [7, 11) is 0. The van der Waals surface area contributed by atoms with Gasteiger partial charge in [-0.05, 0) is 31.2 Å². The second kappa shape index (κ2) is 8.28. The van der Waals surface area contributed by atoms with Crippen molar-refractivity contribution in [2.75, 3.05) is 13.2 Å². The Morgan fingerprint density at radius 1 is 1.12 bits per heavy atom. The van der Waals surface area contributed by atoms with Gasteiger partial charge < -0.3 is 9.47 Å². The lowest BCUT2D eigenvalue weighted by Crippen LogP contribution is -2.12. The van der Waals surface area contributed by atoms with E-state index in [0.717, 1.165) is 10.6 Å². The molecule has 5 nitrogen and oxygen atoms in total. The lowest BCUT2D eigenvalue weighted by Gasteiger charge is -2.06. The summed E-state index contributed by atoms with van der Waals surface area (Å²) < 4.78 is 10.7. The highest BCUT2D eigenvalue weighted by molar-refractivity contribution is 7.13. The van der Waals surface area contributed by atoms with Crippen molar-refractivity contribution in [1.29, 1.82) is 5.26 Å². The second-order valence-corrected chi connectivity index (χ2v) is 6.38. The summed E-state index contributed by atoms with van der Waals surface area (Å²) in [4.78, 5) is 16.4. The zero-order valence-corrected chi connectivity index (χ0v) is 15.0. The van der Waals surface area contributed by atoms with E-state index in [2.05, 4.69) is 4.98 Å². The molecular formula is C20H16N2O3S. The van der Waals surface area contributed by atoms with Gasteiger partial charge in [-0.25, -0.2) is 9.78 Å². The van der Waals surface area contributed by atoms with Gasteiger partial charge in [-0.1, -0.05) is 29.8 Å². The van der Waals surface area contributed by atoms with Gasteiger partial charge >= 0.3 is 5.97 Å². The summed E-state index contributed by atoms with van der Waals surface area (Å²) in [5, 5.41) is 11.2. The summed E-state index contributed by atoms with van der Waals surface area (Å²) in [5.74, 6) is 0.151. The largest absolute Gasteiger partial charge is 0.490 e. The molecular weight excluding hydrogens is 348 g/mol. The predicted molar refractivity (Wildman–Crippen MR) is 99.2 cm³/mol. The van der Waals surface area contributed by atoms with Gasteiger partial charge in [0.15, 0.2) is 5.69 Å². The first-order valence-electron chi connectivity index (χ1n) is 7.98.